The Bertz CT molecular complexity index is 682. The second kappa shape index (κ2) is 7.80. The van der Waals surface area contributed by atoms with Crippen LogP contribution in [0.4, 0.5) is 0 Å². The first kappa shape index (κ1) is 17.8. The molecule has 24 heavy (non-hydrogen) atoms. The summed E-state index contributed by atoms with van der Waals surface area (Å²) in [5, 5.41) is 27.6. The highest BCUT2D eigenvalue weighted by molar-refractivity contribution is 5.92. The third kappa shape index (κ3) is 4.24. The summed E-state index contributed by atoms with van der Waals surface area (Å²) >= 11 is 0. The smallest absolute Gasteiger partial charge is 0.272 e. The Balaban J connectivity index is 1.99. The predicted octanol–water partition coefficient (Wildman–Crippen LogP) is 0.470. The number of aromatic amines is 1. The summed E-state index contributed by atoms with van der Waals surface area (Å²) in [6.07, 6.45) is 0. The Morgan fingerprint density at radius 1 is 1.29 bits per heavy atom. The van der Waals surface area contributed by atoms with Crippen LogP contribution in [0.5, 0.6) is 11.5 Å². The number of para-hydroxylation sites is 2. The minimum absolute atomic E-state index is 0.141. The zero-order chi connectivity index (χ0) is 17.6. The van der Waals surface area contributed by atoms with Crippen molar-refractivity contribution in [2.24, 2.45) is 0 Å². The molecule has 0 saturated heterocycles. The van der Waals surface area contributed by atoms with Crippen molar-refractivity contribution in [3.8, 4) is 11.5 Å². The summed E-state index contributed by atoms with van der Waals surface area (Å²) in [7, 11) is 1.56. The molecule has 0 unspecified atom stereocenters. The van der Waals surface area contributed by atoms with Crippen molar-refractivity contribution in [3.63, 3.8) is 0 Å². The Kier molecular flexibility index (Phi) is 5.78. The van der Waals surface area contributed by atoms with Gasteiger partial charge in [0, 0.05) is 0 Å². The largest absolute Gasteiger partial charge is 0.493 e. The molecule has 0 spiro atoms. The number of ether oxygens (including phenoxy) is 2. The molecule has 2 aromatic rings. The van der Waals surface area contributed by atoms with Crippen LogP contribution < -0.4 is 14.8 Å². The lowest BCUT2D eigenvalue weighted by Gasteiger charge is -2.25. The molecule has 0 bridgehead atoms. The van der Waals surface area contributed by atoms with E-state index in [2.05, 4.69) is 15.5 Å². The molecule has 0 aliphatic rings. The average molecular weight is 335 g/mol. The van der Waals surface area contributed by atoms with Crippen LogP contribution in [0.1, 0.15) is 23.1 Å². The van der Waals surface area contributed by atoms with E-state index >= 15 is 0 Å². The zero-order valence-electron chi connectivity index (χ0n) is 13.6. The number of carbonyl (C=O) groups excluding carboxylic acids is 1. The zero-order valence-corrected chi connectivity index (χ0v) is 13.6. The van der Waals surface area contributed by atoms with Gasteiger partial charge in [-0.05, 0) is 25.1 Å². The second-order valence-electron chi connectivity index (χ2n) is 5.55. The molecule has 2 rings (SSSR count). The molecule has 1 heterocycles. The number of benzene rings is 1. The normalized spacial score (nSPS) is 11.2. The highest BCUT2D eigenvalue weighted by Crippen LogP contribution is 2.26. The van der Waals surface area contributed by atoms with Crippen molar-refractivity contribution in [2.75, 3.05) is 20.3 Å². The van der Waals surface area contributed by atoms with E-state index in [-0.39, 0.29) is 25.5 Å². The third-order valence-electron chi connectivity index (χ3n) is 3.43. The van der Waals surface area contributed by atoms with Gasteiger partial charge in [0.1, 0.15) is 12.3 Å². The molecule has 130 valence electrons. The van der Waals surface area contributed by atoms with Crippen LogP contribution in [0, 0.1) is 0 Å². The van der Waals surface area contributed by atoms with Gasteiger partial charge in [-0.1, -0.05) is 12.1 Å². The summed E-state index contributed by atoms with van der Waals surface area (Å²) < 4.78 is 10.8. The maximum absolute atomic E-state index is 12.1. The number of rotatable bonds is 8. The van der Waals surface area contributed by atoms with E-state index in [9.17, 15) is 15.0 Å². The fourth-order valence-electron chi connectivity index (χ4n) is 1.91. The Hall–Kier alpha value is -2.58. The Labute approximate surface area is 139 Å². The predicted molar refractivity (Wildman–Crippen MR) is 86.0 cm³/mol. The summed E-state index contributed by atoms with van der Waals surface area (Å²) in [5.41, 5.74) is -0.369. The van der Waals surface area contributed by atoms with Gasteiger partial charge in [-0.25, -0.2) is 0 Å². The van der Waals surface area contributed by atoms with E-state index < -0.39 is 11.4 Å². The number of aromatic nitrogens is 2. The van der Waals surface area contributed by atoms with Crippen LogP contribution in [-0.2, 0) is 6.61 Å². The average Bonchev–Trinajstić information content (AvgIpc) is 3.09. The number of nitrogens with zero attached hydrogens (tertiary/aromatic N) is 1. The maximum Gasteiger partial charge on any atom is 0.272 e. The third-order valence-corrected chi connectivity index (χ3v) is 3.43. The molecule has 0 fully saturated rings. The van der Waals surface area contributed by atoms with E-state index in [0.29, 0.717) is 17.2 Å². The summed E-state index contributed by atoms with van der Waals surface area (Å²) in [5.74, 6) is 0.686. The number of hydrogen-bond acceptors (Lipinski definition) is 6. The van der Waals surface area contributed by atoms with Crippen LogP contribution in [0.2, 0.25) is 0 Å². The lowest BCUT2D eigenvalue weighted by molar-refractivity contribution is 0.0719. The molecule has 0 atom stereocenters. The highest BCUT2D eigenvalue weighted by atomic mass is 16.5. The summed E-state index contributed by atoms with van der Waals surface area (Å²) in [6.45, 7) is 0.939. The number of methoxy groups -OCH3 is 1. The van der Waals surface area contributed by atoms with Gasteiger partial charge >= 0.3 is 0 Å². The van der Waals surface area contributed by atoms with Crippen LogP contribution in [0.3, 0.4) is 0 Å². The first-order chi connectivity index (χ1) is 11.5. The first-order valence-corrected chi connectivity index (χ1v) is 7.35. The summed E-state index contributed by atoms with van der Waals surface area (Å²) in [4.78, 5) is 12.1. The highest BCUT2D eigenvalue weighted by Gasteiger charge is 2.26. The lowest BCUT2D eigenvalue weighted by Crippen LogP contribution is -2.51. The fourth-order valence-corrected chi connectivity index (χ4v) is 1.91. The number of hydrogen-bond donors (Lipinski definition) is 4. The topological polar surface area (TPSA) is 117 Å². The van der Waals surface area contributed by atoms with Crippen molar-refractivity contribution in [1.82, 2.24) is 15.5 Å². The van der Waals surface area contributed by atoms with Crippen molar-refractivity contribution in [3.05, 3.63) is 41.7 Å². The minimum Gasteiger partial charge on any atom is -0.493 e. The molecule has 0 radical (unpaired) electrons. The molecule has 1 amide bonds. The minimum atomic E-state index is -1.11. The molecule has 4 N–H and O–H groups in total. The second-order valence-corrected chi connectivity index (χ2v) is 5.55. The van der Waals surface area contributed by atoms with Crippen molar-refractivity contribution < 1.29 is 24.5 Å². The quantitative estimate of drug-likeness (QED) is 0.557. The molecule has 8 nitrogen and oxygen atoms in total. The van der Waals surface area contributed by atoms with Gasteiger partial charge in [0.25, 0.3) is 5.91 Å². The molecule has 1 aromatic heterocycles. The van der Waals surface area contributed by atoms with Gasteiger partial charge in [0.05, 0.1) is 31.6 Å². The molecular weight excluding hydrogens is 314 g/mol. The number of amides is 1. The first-order valence-electron chi connectivity index (χ1n) is 7.35. The molecule has 8 heteroatoms. The van der Waals surface area contributed by atoms with Crippen LogP contribution in [-0.4, -0.2) is 52.2 Å². The van der Waals surface area contributed by atoms with Crippen LogP contribution in [0.25, 0.3) is 0 Å². The molecular formula is C16H21N3O5. The van der Waals surface area contributed by atoms with E-state index in [1.54, 1.807) is 25.3 Å². The number of nitrogens with one attached hydrogen (secondary N) is 2. The molecule has 0 aliphatic heterocycles. The number of H-pyrrole nitrogens is 1. The van der Waals surface area contributed by atoms with Gasteiger partial charge in [-0.3, -0.25) is 9.89 Å². The molecule has 0 saturated carbocycles. The van der Waals surface area contributed by atoms with Gasteiger partial charge in [-0.2, -0.15) is 5.10 Å². The monoisotopic (exact) mass is 335 g/mol. The molecule has 0 aliphatic carbocycles. The van der Waals surface area contributed by atoms with E-state index in [1.165, 1.54) is 6.92 Å². The van der Waals surface area contributed by atoms with Crippen molar-refractivity contribution >= 4 is 5.91 Å². The van der Waals surface area contributed by atoms with Crippen molar-refractivity contribution in [2.45, 2.75) is 19.1 Å². The lowest BCUT2D eigenvalue weighted by atomic mass is 10.1. The van der Waals surface area contributed by atoms with E-state index in [4.69, 9.17) is 9.47 Å². The number of carbonyl (C=O) groups is 1. The Morgan fingerprint density at radius 2 is 1.96 bits per heavy atom. The maximum atomic E-state index is 12.1. The van der Waals surface area contributed by atoms with Crippen molar-refractivity contribution in [1.29, 1.82) is 0 Å². The van der Waals surface area contributed by atoms with Crippen LogP contribution >= 0.6 is 0 Å². The summed E-state index contributed by atoms with van der Waals surface area (Å²) in [6, 6.07) is 8.76. The fraction of sp³-hybridized carbons (Fsp3) is 0.375. The molecule has 1 aromatic carbocycles. The Morgan fingerprint density at radius 3 is 2.58 bits per heavy atom. The van der Waals surface area contributed by atoms with Gasteiger partial charge in [0.2, 0.25) is 0 Å². The van der Waals surface area contributed by atoms with Crippen LogP contribution in [0.15, 0.2) is 30.3 Å². The van der Waals surface area contributed by atoms with Gasteiger partial charge < -0.3 is 25.0 Å². The van der Waals surface area contributed by atoms with E-state index in [0.717, 1.165) is 0 Å². The van der Waals surface area contributed by atoms with Gasteiger partial charge in [0.15, 0.2) is 11.5 Å². The SMILES string of the molecule is COc1ccccc1OCc1cc(C(=O)NC(C)(CO)CO)n[nH]1. The number of aliphatic hydroxyl groups is 2. The van der Waals surface area contributed by atoms with Gasteiger partial charge in [-0.15, -0.1) is 0 Å². The number of aliphatic hydroxyl groups excluding tert-OH is 2. The van der Waals surface area contributed by atoms with E-state index in [1.807, 2.05) is 12.1 Å². The standard InChI is InChI=1S/C16H21N3O5/c1-16(9-20,10-21)17-15(22)12-7-11(18-19-12)8-24-14-6-4-3-5-13(14)23-2/h3-7,20-21H,8-10H2,1-2H3,(H,17,22)(H,18,19).